The van der Waals surface area contributed by atoms with Crippen molar-refractivity contribution in [2.75, 3.05) is 39.3 Å². The number of rotatable bonds is 7. The third-order valence-electron chi connectivity index (χ3n) is 4.72. The van der Waals surface area contributed by atoms with Gasteiger partial charge in [-0.05, 0) is 30.5 Å². The van der Waals surface area contributed by atoms with Gasteiger partial charge in [0.05, 0.1) is 6.26 Å². The molecule has 1 aromatic heterocycles. The molecule has 0 bridgehead atoms. The van der Waals surface area contributed by atoms with Gasteiger partial charge in [-0.15, -0.1) is 12.4 Å². The summed E-state index contributed by atoms with van der Waals surface area (Å²) in [7, 11) is 0. The first-order valence-electron chi connectivity index (χ1n) is 9.23. The molecule has 1 aliphatic heterocycles. The summed E-state index contributed by atoms with van der Waals surface area (Å²) in [4.78, 5) is 16.3. The van der Waals surface area contributed by atoms with Gasteiger partial charge in [-0.25, -0.2) is 4.79 Å². The molecule has 1 aliphatic rings. The molecule has 2 N–H and O–H groups in total. The Balaban J connectivity index is 0.00000261. The summed E-state index contributed by atoms with van der Waals surface area (Å²) in [6.07, 6.45) is 2.85. The van der Waals surface area contributed by atoms with Crippen molar-refractivity contribution in [3.63, 3.8) is 0 Å². The maximum Gasteiger partial charge on any atom is 0.317 e. The van der Waals surface area contributed by atoms with Crippen LogP contribution in [-0.4, -0.2) is 60.2 Å². The number of hydrogen-bond acceptors (Lipinski definition) is 4. The smallest absolute Gasteiger partial charge is 0.317 e. The fraction of sp³-hybridized carbons (Fsp3) is 0.450. The number of nitrogens with zero attached hydrogens (tertiary/aromatic N) is 2. The largest absolute Gasteiger partial charge is 0.467 e. The highest BCUT2D eigenvalue weighted by molar-refractivity contribution is 5.85. The lowest BCUT2D eigenvalue weighted by Crippen LogP contribution is -2.52. The predicted octanol–water partition coefficient (Wildman–Crippen LogP) is 2.69. The molecule has 1 fully saturated rings. The molecule has 2 heterocycles. The number of halogens is 1. The molecular formula is C20H28ClN3O3. The van der Waals surface area contributed by atoms with Gasteiger partial charge in [0.15, 0.2) is 0 Å². The Morgan fingerprint density at radius 3 is 2.52 bits per heavy atom. The van der Waals surface area contributed by atoms with E-state index in [1.807, 2.05) is 23.1 Å². The second-order valence-corrected chi connectivity index (χ2v) is 6.64. The summed E-state index contributed by atoms with van der Waals surface area (Å²) in [5, 5.41) is 13.2. The number of piperazine rings is 1. The second-order valence-electron chi connectivity index (χ2n) is 6.64. The number of β-amino-alcohol motifs (C(OH)–C–C–N with tert-alkyl or cyclic N) is 1. The zero-order valence-electron chi connectivity index (χ0n) is 15.4. The average Bonchev–Trinajstić information content (AvgIpc) is 3.21. The standard InChI is InChI=1S/C20H27N3O3.ClH/c24-18(19-9-5-15-26-19)16-22-11-13-23(14-12-22)20(25)21-10-4-8-17-6-2-1-3-7-17;/h1-3,5-7,9,15,18,24H,4,8,10-14,16H2,(H,21,25);1H. The van der Waals surface area contributed by atoms with Gasteiger partial charge < -0.3 is 19.7 Å². The number of urea groups is 1. The van der Waals surface area contributed by atoms with E-state index in [1.165, 1.54) is 5.56 Å². The quantitative estimate of drug-likeness (QED) is 0.709. The van der Waals surface area contributed by atoms with Crippen molar-refractivity contribution in [3.05, 3.63) is 60.1 Å². The second kappa shape index (κ2) is 11.0. The highest BCUT2D eigenvalue weighted by Gasteiger charge is 2.23. The molecule has 2 amide bonds. The lowest BCUT2D eigenvalue weighted by Gasteiger charge is -2.35. The summed E-state index contributed by atoms with van der Waals surface area (Å²) in [6, 6.07) is 13.9. The molecule has 7 heteroatoms. The van der Waals surface area contributed by atoms with Crippen molar-refractivity contribution in [2.45, 2.75) is 18.9 Å². The van der Waals surface area contributed by atoms with E-state index in [2.05, 4.69) is 22.3 Å². The van der Waals surface area contributed by atoms with Gasteiger partial charge in [-0.2, -0.15) is 0 Å². The molecule has 6 nitrogen and oxygen atoms in total. The van der Waals surface area contributed by atoms with E-state index in [-0.39, 0.29) is 18.4 Å². The predicted molar refractivity (Wildman–Crippen MR) is 107 cm³/mol. The van der Waals surface area contributed by atoms with Gasteiger partial charge in [0.2, 0.25) is 0 Å². The van der Waals surface area contributed by atoms with Gasteiger partial charge in [-0.3, -0.25) is 4.90 Å². The van der Waals surface area contributed by atoms with Crippen molar-refractivity contribution in [1.29, 1.82) is 0 Å². The number of aliphatic hydroxyl groups excluding tert-OH is 1. The van der Waals surface area contributed by atoms with Crippen molar-refractivity contribution < 1.29 is 14.3 Å². The zero-order valence-corrected chi connectivity index (χ0v) is 16.2. The van der Waals surface area contributed by atoms with Crippen LogP contribution in [0.2, 0.25) is 0 Å². The molecule has 0 aliphatic carbocycles. The lowest BCUT2D eigenvalue weighted by atomic mass is 10.1. The number of benzene rings is 1. The molecule has 0 radical (unpaired) electrons. The molecule has 1 aromatic carbocycles. The topological polar surface area (TPSA) is 69.0 Å². The molecule has 3 rings (SSSR count). The van der Waals surface area contributed by atoms with E-state index in [0.29, 0.717) is 31.9 Å². The van der Waals surface area contributed by atoms with E-state index >= 15 is 0 Å². The molecule has 2 aromatic rings. The zero-order chi connectivity index (χ0) is 18.2. The molecule has 1 unspecified atom stereocenters. The van der Waals surface area contributed by atoms with Crippen LogP contribution in [0, 0.1) is 0 Å². The Morgan fingerprint density at radius 2 is 1.85 bits per heavy atom. The normalized spacial score (nSPS) is 15.8. The van der Waals surface area contributed by atoms with E-state index in [4.69, 9.17) is 4.42 Å². The Labute approximate surface area is 166 Å². The molecule has 27 heavy (non-hydrogen) atoms. The highest BCUT2D eigenvalue weighted by atomic mass is 35.5. The summed E-state index contributed by atoms with van der Waals surface area (Å²) in [5.74, 6) is 0.587. The number of aryl methyl sites for hydroxylation is 1. The highest BCUT2D eigenvalue weighted by Crippen LogP contribution is 2.15. The first kappa shape index (κ1) is 21.3. The first-order chi connectivity index (χ1) is 12.7. The fourth-order valence-electron chi connectivity index (χ4n) is 3.19. The summed E-state index contributed by atoms with van der Waals surface area (Å²) >= 11 is 0. The Hall–Kier alpha value is -2.02. The van der Waals surface area contributed by atoms with Crippen LogP contribution in [0.25, 0.3) is 0 Å². The minimum absolute atomic E-state index is 0. The van der Waals surface area contributed by atoms with Crippen molar-refractivity contribution >= 4 is 18.4 Å². The molecule has 0 saturated carbocycles. The first-order valence-corrected chi connectivity index (χ1v) is 9.23. The van der Waals surface area contributed by atoms with Crippen LogP contribution in [0.1, 0.15) is 23.8 Å². The SMILES string of the molecule is Cl.O=C(NCCCc1ccccc1)N1CCN(CC(O)c2ccco2)CC1. The molecular weight excluding hydrogens is 366 g/mol. The number of carbonyl (C=O) groups excluding carboxylic acids is 1. The number of aliphatic hydroxyl groups is 1. The van der Waals surface area contributed by atoms with Gasteiger partial charge in [-0.1, -0.05) is 30.3 Å². The summed E-state index contributed by atoms with van der Waals surface area (Å²) < 4.78 is 5.23. The van der Waals surface area contributed by atoms with Gasteiger partial charge in [0.25, 0.3) is 0 Å². The number of amides is 2. The number of carbonyl (C=O) groups is 1. The van der Waals surface area contributed by atoms with Crippen LogP contribution < -0.4 is 5.32 Å². The number of furan rings is 1. The summed E-state index contributed by atoms with van der Waals surface area (Å²) in [5.41, 5.74) is 1.30. The Bertz CT molecular complexity index is 658. The third-order valence-corrected chi connectivity index (χ3v) is 4.72. The Morgan fingerprint density at radius 1 is 1.11 bits per heavy atom. The van der Waals surface area contributed by atoms with Crippen LogP contribution in [0.4, 0.5) is 4.79 Å². The van der Waals surface area contributed by atoms with E-state index < -0.39 is 6.10 Å². The number of nitrogens with one attached hydrogen (secondary N) is 1. The van der Waals surface area contributed by atoms with E-state index in [1.54, 1.807) is 18.4 Å². The van der Waals surface area contributed by atoms with E-state index in [0.717, 1.165) is 25.9 Å². The molecule has 1 saturated heterocycles. The fourth-order valence-corrected chi connectivity index (χ4v) is 3.19. The van der Waals surface area contributed by atoms with Gasteiger partial charge >= 0.3 is 6.03 Å². The molecule has 1 atom stereocenters. The van der Waals surface area contributed by atoms with E-state index in [9.17, 15) is 9.90 Å². The monoisotopic (exact) mass is 393 g/mol. The maximum absolute atomic E-state index is 12.3. The maximum atomic E-state index is 12.3. The van der Waals surface area contributed by atoms with Crippen LogP contribution in [0.3, 0.4) is 0 Å². The number of hydrogen-bond donors (Lipinski definition) is 2. The van der Waals surface area contributed by atoms with Gasteiger partial charge in [0.1, 0.15) is 11.9 Å². The van der Waals surface area contributed by atoms with Gasteiger partial charge in [0, 0.05) is 39.3 Å². The minimum atomic E-state index is -0.622. The van der Waals surface area contributed by atoms with Crippen LogP contribution in [0.15, 0.2) is 53.1 Å². The van der Waals surface area contributed by atoms with Crippen LogP contribution in [-0.2, 0) is 6.42 Å². The van der Waals surface area contributed by atoms with Crippen LogP contribution >= 0.6 is 12.4 Å². The van der Waals surface area contributed by atoms with Crippen molar-refractivity contribution in [2.24, 2.45) is 0 Å². The van der Waals surface area contributed by atoms with Crippen molar-refractivity contribution in [3.8, 4) is 0 Å². The van der Waals surface area contributed by atoms with Crippen molar-refractivity contribution in [1.82, 2.24) is 15.1 Å². The van der Waals surface area contributed by atoms with Crippen LogP contribution in [0.5, 0.6) is 0 Å². The summed E-state index contributed by atoms with van der Waals surface area (Å²) in [6.45, 7) is 4.08. The Kier molecular flexibility index (Phi) is 8.64. The molecule has 0 spiro atoms. The average molecular weight is 394 g/mol. The minimum Gasteiger partial charge on any atom is -0.467 e. The molecule has 148 valence electrons. The lowest BCUT2D eigenvalue weighted by molar-refractivity contribution is 0.0692. The third kappa shape index (κ3) is 6.57.